The number of esters is 1. The molecule has 0 radical (unpaired) electrons. The predicted octanol–water partition coefficient (Wildman–Crippen LogP) is 4.91. The van der Waals surface area contributed by atoms with Gasteiger partial charge in [-0.15, -0.1) is 0 Å². The minimum atomic E-state index is -5.24. The molecule has 0 unspecified atom stereocenters. The van der Waals surface area contributed by atoms with Crippen molar-refractivity contribution in [3.05, 3.63) is 88.0 Å². The Bertz CT molecular complexity index is 3170. The smallest absolute Gasteiger partial charge is 0.417 e. The van der Waals surface area contributed by atoms with E-state index in [1.807, 2.05) is 6.92 Å². The summed E-state index contributed by atoms with van der Waals surface area (Å²) in [6.07, 6.45) is -2.96. The van der Waals surface area contributed by atoms with Crippen molar-refractivity contribution in [3.8, 4) is 5.75 Å². The molecule has 2 saturated heterocycles. The predicted molar refractivity (Wildman–Crippen MR) is 327 cm³/mol. The molecule has 9 amide bonds. The minimum absolute atomic E-state index is 0.0430. The summed E-state index contributed by atoms with van der Waals surface area (Å²) < 4.78 is 74.6. The number of urea groups is 1. The summed E-state index contributed by atoms with van der Waals surface area (Å²) in [5, 5.41) is 27.7. The zero-order valence-corrected chi connectivity index (χ0v) is 53.1. The second-order valence-corrected chi connectivity index (χ2v) is 23.8. The van der Waals surface area contributed by atoms with Crippen LogP contribution in [0.15, 0.2) is 66.3 Å². The fourth-order valence-corrected chi connectivity index (χ4v) is 11.2. The van der Waals surface area contributed by atoms with Gasteiger partial charge in [-0.05, 0) is 107 Å². The molecule has 10 atom stereocenters. The molecule has 4 aliphatic rings. The molecule has 90 heavy (non-hydrogen) atoms. The van der Waals surface area contributed by atoms with Crippen LogP contribution >= 0.6 is 23.8 Å². The Morgan fingerprint density at radius 1 is 0.989 bits per heavy atom. The SMILES string of the molecule is COc1cc2cc(c1Cl)N(C)C(=O)C[C@H](OC(=O)[C@H](C)N(C)C(=O)c1ccc(NC(=O)[C@H](CCCNC(N)=O)NC(=O)[C@@H](NC(=S)NCCCCN3C(=O)C=CC3=O)C(C)C)cc1C(F)(F)F)[C@]1(C)O[C@H]1[C@H](C)[C@@H]1C[C@@](O)(NC(=O)O1)[C@H](OC)/C=C/C=C(\C)C2. The standard InChI is InChI=1S/C60H78ClF3N10O15S/c1-31(2)49(70-56(90)67-22-11-12-24-74-45(75)20-21-46(74)76)52(79)69-39(16-14-23-66-55(65)82)51(78)68-36-18-19-37(38(28-36)60(62,63)64)53(80)72(7)34(5)54(81)88-44-29-47(77)73(8)40-26-35(27-41(85-9)48(40)61)25-32(3)15-13-17-43(86-10)59(84)30-42(87-57(83)71-59)33(4)50-58(44,6)89-50/h13,15,17-21,26-28,31,33-34,39,42-44,49-50,84H,11-12,14,16,22-25,29-30H2,1-10H3,(H,68,78)(H,69,79)(H,71,83)(H3,65,66,82)(H2,67,70,90)/b17-13+,32-15+/t33-,34+,39+,42+,43-,44+,49+,50+,58+,59+/m1/s1. The molecule has 4 aliphatic heterocycles. The molecule has 0 spiro atoms. The zero-order chi connectivity index (χ0) is 66.7. The third-order valence-electron chi connectivity index (χ3n) is 16.1. The number of allylic oxidation sites excluding steroid dienone is 3. The van der Waals surface area contributed by atoms with Crippen molar-refractivity contribution in [2.45, 2.75) is 147 Å². The summed E-state index contributed by atoms with van der Waals surface area (Å²) in [5.41, 5.74) is 0.521. The summed E-state index contributed by atoms with van der Waals surface area (Å²) in [4.78, 5) is 122. The number of thiocarbonyl (C=S) groups is 1. The number of halogens is 4. The van der Waals surface area contributed by atoms with Gasteiger partial charge in [-0.1, -0.05) is 56.2 Å². The Morgan fingerprint density at radius 2 is 1.67 bits per heavy atom. The minimum Gasteiger partial charge on any atom is -0.495 e. The maximum atomic E-state index is 15.1. The van der Waals surface area contributed by atoms with Gasteiger partial charge >= 0.3 is 24.3 Å². The van der Waals surface area contributed by atoms with Crippen molar-refractivity contribution in [2.24, 2.45) is 17.6 Å². The molecule has 0 saturated carbocycles. The lowest BCUT2D eigenvalue weighted by molar-refractivity contribution is -0.158. The monoisotopic (exact) mass is 1300 g/mol. The topological polar surface area (TPSA) is 331 Å². The van der Waals surface area contributed by atoms with Gasteiger partial charge in [0, 0.05) is 71.0 Å². The lowest BCUT2D eigenvalue weighted by atomic mass is 9.83. The number of hydrogen-bond acceptors (Lipinski definition) is 16. The fourth-order valence-electron chi connectivity index (χ4n) is 10.7. The zero-order valence-electron chi connectivity index (χ0n) is 51.5. The summed E-state index contributed by atoms with van der Waals surface area (Å²) in [5.74, 6) is -6.59. The largest absolute Gasteiger partial charge is 0.495 e. The molecule has 4 bridgehead atoms. The highest BCUT2D eigenvalue weighted by atomic mass is 35.5. The van der Waals surface area contributed by atoms with Gasteiger partial charge in [0.05, 0.1) is 36.4 Å². The lowest BCUT2D eigenvalue weighted by Crippen LogP contribution is -2.63. The van der Waals surface area contributed by atoms with Crippen LogP contribution in [0.5, 0.6) is 5.75 Å². The third kappa shape index (κ3) is 17.8. The van der Waals surface area contributed by atoms with E-state index in [0.29, 0.717) is 42.3 Å². The highest BCUT2D eigenvalue weighted by Crippen LogP contribution is 2.49. The van der Waals surface area contributed by atoms with Crippen LogP contribution in [0.2, 0.25) is 5.02 Å². The molecule has 30 heteroatoms. The van der Waals surface area contributed by atoms with E-state index < -0.39 is 149 Å². The van der Waals surface area contributed by atoms with E-state index in [0.717, 1.165) is 29.7 Å². The van der Waals surface area contributed by atoms with Crippen LogP contribution in [0.1, 0.15) is 102 Å². The number of carbonyl (C=O) groups excluding carboxylic acids is 9. The molecule has 0 aliphatic carbocycles. The number of anilines is 2. The van der Waals surface area contributed by atoms with E-state index in [1.54, 1.807) is 58.1 Å². The number of nitrogens with two attached hydrogens (primary N) is 1. The van der Waals surface area contributed by atoms with E-state index in [4.69, 9.17) is 53.2 Å². The van der Waals surface area contributed by atoms with Crippen LogP contribution in [-0.4, -0.2) is 175 Å². The highest BCUT2D eigenvalue weighted by molar-refractivity contribution is 7.80. The molecule has 2 aromatic carbocycles. The normalized spacial score (nSPS) is 24.6. The number of nitrogens with zero attached hydrogens (tertiary/aromatic N) is 3. The summed E-state index contributed by atoms with van der Waals surface area (Å²) in [7, 11) is 5.27. The summed E-state index contributed by atoms with van der Waals surface area (Å²) in [6.45, 7) is 10.1. The Labute approximate surface area is 529 Å². The maximum Gasteiger partial charge on any atom is 0.417 e. The molecule has 0 aromatic heterocycles. The van der Waals surface area contributed by atoms with Gasteiger partial charge < -0.3 is 70.9 Å². The molecule has 2 aromatic rings. The quantitative estimate of drug-likeness (QED) is 0.0270. The van der Waals surface area contributed by atoms with Crippen LogP contribution in [-0.2, 0) is 60.3 Å². The van der Waals surface area contributed by atoms with Crippen molar-refractivity contribution < 1.29 is 85.1 Å². The number of rotatable bonds is 21. The molecular weight excluding hydrogens is 1230 g/mol. The number of epoxide rings is 1. The average molecular weight is 1300 g/mol. The summed E-state index contributed by atoms with van der Waals surface area (Å²) in [6, 6.07) is 0.722. The number of likely N-dealkylation sites (N-methyl/N-ethyl adjacent to an activating group) is 1. The van der Waals surface area contributed by atoms with E-state index in [-0.39, 0.29) is 53.9 Å². The third-order valence-corrected chi connectivity index (χ3v) is 16.7. The van der Waals surface area contributed by atoms with Gasteiger partial charge in [0.1, 0.15) is 52.8 Å². The molecule has 492 valence electrons. The number of nitrogens with one attached hydrogen (secondary N) is 6. The van der Waals surface area contributed by atoms with Crippen molar-refractivity contribution in [1.82, 2.24) is 36.4 Å². The van der Waals surface area contributed by atoms with Gasteiger partial charge in [0.2, 0.25) is 17.7 Å². The first-order chi connectivity index (χ1) is 42.2. The van der Waals surface area contributed by atoms with E-state index >= 15 is 13.2 Å². The number of benzene rings is 2. The first-order valence-electron chi connectivity index (χ1n) is 29.0. The molecular formula is C60H78ClF3N10O15S. The second kappa shape index (κ2) is 30.3. The number of methoxy groups -OCH3 is 2. The molecule has 25 nitrogen and oxygen atoms in total. The first-order valence-corrected chi connectivity index (χ1v) is 29.8. The average Bonchev–Trinajstić information content (AvgIpc) is 1.66. The number of carbonyl (C=O) groups is 9. The molecule has 6 rings (SSSR count). The molecule has 4 heterocycles. The van der Waals surface area contributed by atoms with Crippen LogP contribution in [0, 0.1) is 11.8 Å². The van der Waals surface area contributed by atoms with Crippen LogP contribution in [0.3, 0.4) is 0 Å². The number of unbranched alkanes of at least 4 members (excludes halogenated alkanes) is 1. The molecule has 9 N–H and O–H groups in total. The Kier molecular flexibility index (Phi) is 24.0. The number of alkyl halides is 3. The van der Waals surface area contributed by atoms with Crippen LogP contribution in [0.25, 0.3) is 0 Å². The van der Waals surface area contributed by atoms with Crippen LogP contribution < -0.4 is 47.3 Å². The summed E-state index contributed by atoms with van der Waals surface area (Å²) >= 11 is 12.2. The van der Waals surface area contributed by atoms with E-state index in [9.17, 15) is 48.3 Å². The van der Waals surface area contributed by atoms with E-state index in [1.165, 1.54) is 45.2 Å². The van der Waals surface area contributed by atoms with Crippen molar-refractivity contribution >= 4 is 93.8 Å². The van der Waals surface area contributed by atoms with Crippen molar-refractivity contribution in [1.29, 1.82) is 0 Å². The fraction of sp³-hybridized carbons (Fsp3) is 0.533. The van der Waals surface area contributed by atoms with E-state index in [2.05, 4.69) is 31.9 Å². The molecule has 2 fully saturated rings. The van der Waals surface area contributed by atoms with Gasteiger partial charge in [-0.2, -0.15) is 13.2 Å². The van der Waals surface area contributed by atoms with Crippen LogP contribution in [0.4, 0.5) is 34.1 Å². The van der Waals surface area contributed by atoms with Gasteiger partial charge in [0.15, 0.2) is 10.8 Å². The lowest BCUT2D eigenvalue weighted by Gasteiger charge is -2.42. The van der Waals surface area contributed by atoms with Crippen molar-refractivity contribution in [2.75, 3.05) is 58.2 Å². The van der Waals surface area contributed by atoms with Gasteiger partial charge in [-0.3, -0.25) is 39.0 Å². The van der Waals surface area contributed by atoms with Gasteiger partial charge in [0.25, 0.3) is 17.7 Å². The number of primary amides is 1. The number of amides is 9. The number of aliphatic hydroxyl groups is 1. The maximum absolute atomic E-state index is 15.1. The number of imide groups is 1. The first kappa shape index (κ1) is 71.2. The van der Waals surface area contributed by atoms with Gasteiger partial charge in [-0.25, -0.2) is 14.4 Å². The number of fused-ring (bicyclic) bond motifs is 5. The Morgan fingerprint density at radius 3 is 2.30 bits per heavy atom. The Balaban J connectivity index is 1.21. The Hall–Kier alpha value is -7.86. The second-order valence-electron chi connectivity index (χ2n) is 23.0. The number of ether oxygens (including phenoxy) is 5. The number of hydrogen-bond donors (Lipinski definition) is 8. The number of alkyl carbamates (subject to hydrolysis) is 1. The highest BCUT2D eigenvalue weighted by Gasteiger charge is 2.64. The van der Waals surface area contributed by atoms with Crippen molar-refractivity contribution in [3.63, 3.8) is 0 Å².